The largest absolute Gasteiger partial charge is 0.476 e. The van der Waals surface area contributed by atoms with Crippen LogP contribution in [0.2, 0.25) is 0 Å². The van der Waals surface area contributed by atoms with Gasteiger partial charge in [0.2, 0.25) is 5.78 Å². The summed E-state index contributed by atoms with van der Waals surface area (Å²) in [6, 6.07) is 7.67. The lowest BCUT2D eigenvalue weighted by Gasteiger charge is -2.57. The second-order valence-corrected chi connectivity index (χ2v) is 7.18. The van der Waals surface area contributed by atoms with Crippen molar-refractivity contribution in [3.63, 3.8) is 0 Å². The number of benzene rings is 1. The molecule has 3 aliphatic rings. The minimum Gasteiger partial charge on any atom is -0.476 e. The van der Waals surface area contributed by atoms with Crippen LogP contribution in [0.25, 0.3) is 0 Å². The maximum Gasteiger partial charge on any atom is 0.336 e. The third-order valence-corrected chi connectivity index (χ3v) is 6.14. The average molecular weight is 385 g/mol. The Kier molecular flexibility index (Phi) is 4.28. The fourth-order valence-electron chi connectivity index (χ4n) is 5.28. The summed E-state index contributed by atoms with van der Waals surface area (Å²) in [4.78, 5) is 44.4. The molecule has 0 aromatic heterocycles. The van der Waals surface area contributed by atoms with E-state index in [0.717, 1.165) is 11.1 Å². The maximum absolute atomic E-state index is 13.4. The molecule has 1 fully saturated rings. The first-order valence-corrected chi connectivity index (χ1v) is 9.70. The molecule has 148 valence electrons. The van der Waals surface area contributed by atoms with Gasteiger partial charge in [0.15, 0.2) is 11.0 Å². The monoisotopic (exact) mass is 385 g/mol. The van der Waals surface area contributed by atoms with Gasteiger partial charge in [-0.3, -0.25) is 9.59 Å². The van der Waals surface area contributed by atoms with E-state index in [1.54, 1.807) is 20.8 Å². The SMILES string of the molecule is CCOC(=O)[C@@]12C(=O)C(OCC)=N[C@]1(C(=O)OCC)[C@@H]1c3ccccc3C[C@@H]12. The molecule has 0 N–H and O–H groups in total. The first kappa shape index (κ1) is 18.7. The molecule has 7 heteroatoms. The molecular formula is C21H23NO6. The summed E-state index contributed by atoms with van der Waals surface area (Å²) >= 11 is 0. The topological polar surface area (TPSA) is 91.3 Å². The number of carbonyl (C=O) groups is 3. The molecule has 2 aliphatic carbocycles. The van der Waals surface area contributed by atoms with Crippen molar-refractivity contribution in [3.05, 3.63) is 35.4 Å². The molecule has 1 aromatic carbocycles. The highest BCUT2D eigenvalue weighted by molar-refractivity contribution is 6.47. The van der Waals surface area contributed by atoms with Crippen LogP contribution in [0, 0.1) is 11.3 Å². The summed E-state index contributed by atoms with van der Waals surface area (Å²) in [6.07, 6.45) is 0.501. The van der Waals surface area contributed by atoms with E-state index < -0.39 is 40.5 Å². The zero-order valence-electron chi connectivity index (χ0n) is 16.2. The van der Waals surface area contributed by atoms with Gasteiger partial charge in [-0.25, -0.2) is 9.79 Å². The predicted molar refractivity (Wildman–Crippen MR) is 98.9 cm³/mol. The van der Waals surface area contributed by atoms with E-state index in [0.29, 0.717) is 6.42 Å². The minimum absolute atomic E-state index is 0.0983. The maximum atomic E-state index is 13.4. The van der Waals surface area contributed by atoms with E-state index in [2.05, 4.69) is 4.99 Å². The number of carbonyl (C=O) groups excluding carboxylic acids is 3. The van der Waals surface area contributed by atoms with Gasteiger partial charge in [-0.1, -0.05) is 24.3 Å². The highest BCUT2D eigenvalue weighted by Crippen LogP contribution is 2.72. The summed E-state index contributed by atoms with van der Waals surface area (Å²) in [5, 5.41) is 0. The number of hydrogen-bond acceptors (Lipinski definition) is 7. The lowest BCUT2D eigenvalue weighted by Crippen LogP contribution is -2.75. The number of hydrogen-bond donors (Lipinski definition) is 0. The molecular weight excluding hydrogens is 362 g/mol. The number of esters is 2. The Labute approximate surface area is 163 Å². The number of Topliss-reactive ketones (excluding diaryl/α,β-unsaturated/α-hetero) is 1. The normalized spacial score (nSPS) is 31.8. The fraction of sp³-hybridized carbons (Fsp3) is 0.524. The summed E-state index contributed by atoms with van der Waals surface area (Å²) in [5.74, 6) is -2.99. The molecule has 0 spiro atoms. The van der Waals surface area contributed by atoms with Crippen LogP contribution >= 0.6 is 0 Å². The van der Waals surface area contributed by atoms with Gasteiger partial charge in [0, 0.05) is 5.92 Å². The molecule has 0 radical (unpaired) electrons. The van der Waals surface area contributed by atoms with E-state index in [-0.39, 0.29) is 25.7 Å². The molecule has 0 amide bonds. The number of nitrogens with zero attached hydrogens (tertiary/aromatic N) is 1. The molecule has 0 unspecified atom stereocenters. The number of ether oxygens (including phenoxy) is 3. The highest BCUT2D eigenvalue weighted by atomic mass is 16.5. The minimum atomic E-state index is -1.73. The summed E-state index contributed by atoms with van der Waals surface area (Å²) in [7, 11) is 0. The molecule has 4 rings (SSSR count). The standard InChI is InChI=1S/C21H23NO6/c1-4-26-17-16(23)20(18(24)27-5-2)14-11-12-9-7-8-10-13(12)15(14)21(20,22-17)19(25)28-6-3/h7-10,14-15H,4-6,11H2,1-3H3/t14-,15+,20+,21-/m0/s1. The van der Waals surface area contributed by atoms with Crippen LogP contribution in [0.3, 0.4) is 0 Å². The third kappa shape index (κ3) is 1.94. The van der Waals surface area contributed by atoms with Gasteiger partial charge in [-0.05, 0) is 44.2 Å². The molecule has 0 bridgehead atoms. The van der Waals surface area contributed by atoms with E-state index in [4.69, 9.17) is 14.2 Å². The van der Waals surface area contributed by atoms with Gasteiger partial charge < -0.3 is 14.2 Å². The van der Waals surface area contributed by atoms with Crippen molar-refractivity contribution in [1.29, 1.82) is 0 Å². The third-order valence-electron chi connectivity index (χ3n) is 6.14. The first-order chi connectivity index (χ1) is 13.5. The van der Waals surface area contributed by atoms with Crippen LogP contribution in [0.15, 0.2) is 29.3 Å². The van der Waals surface area contributed by atoms with Crippen molar-refractivity contribution in [2.24, 2.45) is 16.3 Å². The zero-order valence-corrected chi connectivity index (χ0v) is 16.2. The quantitative estimate of drug-likeness (QED) is 0.567. The molecule has 7 nitrogen and oxygen atoms in total. The fourth-order valence-corrected chi connectivity index (χ4v) is 5.28. The summed E-state index contributed by atoms with van der Waals surface area (Å²) in [6.45, 7) is 5.49. The molecule has 1 aliphatic heterocycles. The molecule has 1 aromatic rings. The van der Waals surface area contributed by atoms with E-state index in [1.165, 1.54) is 0 Å². The molecule has 1 saturated carbocycles. The lowest BCUT2D eigenvalue weighted by molar-refractivity contribution is -0.196. The van der Waals surface area contributed by atoms with E-state index in [1.807, 2.05) is 24.3 Å². The van der Waals surface area contributed by atoms with Gasteiger partial charge >= 0.3 is 11.9 Å². The van der Waals surface area contributed by atoms with Crippen molar-refractivity contribution in [3.8, 4) is 0 Å². The Morgan fingerprint density at radius 1 is 1.07 bits per heavy atom. The Balaban J connectivity index is 1.96. The Bertz CT molecular complexity index is 893. The Morgan fingerprint density at radius 3 is 2.43 bits per heavy atom. The van der Waals surface area contributed by atoms with Gasteiger partial charge in [-0.15, -0.1) is 0 Å². The number of rotatable bonds is 5. The van der Waals surface area contributed by atoms with Crippen molar-refractivity contribution < 1.29 is 28.6 Å². The van der Waals surface area contributed by atoms with Gasteiger partial charge in [0.1, 0.15) is 0 Å². The van der Waals surface area contributed by atoms with Crippen LogP contribution in [0.5, 0.6) is 0 Å². The van der Waals surface area contributed by atoms with Gasteiger partial charge in [-0.2, -0.15) is 0 Å². The lowest BCUT2D eigenvalue weighted by atomic mass is 9.42. The predicted octanol–water partition coefficient (Wildman–Crippen LogP) is 1.83. The van der Waals surface area contributed by atoms with Crippen LogP contribution in [-0.2, 0) is 35.0 Å². The Morgan fingerprint density at radius 2 is 1.75 bits per heavy atom. The number of ketones is 1. The Hall–Kier alpha value is -2.70. The van der Waals surface area contributed by atoms with Crippen LogP contribution in [0.4, 0.5) is 0 Å². The van der Waals surface area contributed by atoms with Crippen LogP contribution in [-0.4, -0.2) is 49.0 Å². The van der Waals surface area contributed by atoms with E-state index >= 15 is 0 Å². The molecule has 0 saturated heterocycles. The smallest absolute Gasteiger partial charge is 0.336 e. The van der Waals surface area contributed by atoms with Crippen molar-refractivity contribution >= 4 is 23.6 Å². The van der Waals surface area contributed by atoms with Crippen molar-refractivity contribution in [1.82, 2.24) is 0 Å². The van der Waals surface area contributed by atoms with Gasteiger partial charge in [0.05, 0.1) is 19.8 Å². The zero-order chi connectivity index (χ0) is 20.1. The van der Waals surface area contributed by atoms with Crippen LogP contribution < -0.4 is 0 Å². The second kappa shape index (κ2) is 6.43. The first-order valence-electron chi connectivity index (χ1n) is 9.70. The number of fused-ring (bicyclic) bond motifs is 6. The van der Waals surface area contributed by atoms with E-state index in [9.17, 15) is 14.4 Å². The van der Waals surface area contributed by atoms with Crippen LogP contribution in [0.1, 0.15) is 37.8 Å². The van der Waals surface area contributed by atoms with Gasteiger partial charge in [0.25, 0.3) is 5.90 Å². The summed E-state index contributed by atoms with van der Waals surface area (Å²) in [5.41, 5.74) is -1.47. The highest BCUT2D eigenvalue weighted by Gasteiger charge is 2.88. The van der Waals surface area contributed by atoms with Crippen molar-refractivity contribution in [2.75, 3.05) is 19.8 Å². The second-order valence-electron chi connectivity index (χ2n) is 7.18. The summed E-state index contributed by atoms with van der Waals surface area (Å²) < 4.78 is 16.1. The molecule has 1 heterocycles. The molecule has 4 atom stereocenters. The number of aliphatic imine (C=N–C) groups is 1. The average Bonchev–Trinajstić information content (AvgIpc) is 3.11. The van der Waals surface area contributed by atoms with Crippen molar-refractivity contribution in [2.45, 2.75) is 38.6 Å². The molecule has 28 heavy (non-hydrogen) atoms.